The molecule has 3 aromatic heterocycles. The average Bonchev–Trinajstić information content (AvgIpc) is 3.19. The van der Waals surface area contributed by atoms with Gasteiger partial charge in [0.15, 0.2) is 6.79 Å². The highest BCUT2D eigenvalue weighted by Gasteiger charge is 2.23. The van der Waals surface area contributed by atoms with E-state index in [9.17, 15) is 0 Å². The van der Waals surface area contributed by atoms with E-state index in [0.29, 0.717) is 11.8 Å². The van der Waals surface area contributed by atoms with Crippen molar-refractivity contribution in [3.05, 3.63) is 42.6 Å². The Morgan fingerprint density at radius 1 is 1.00 bits per heavy atom. The van der Waals surface area contributed by atoms with Crippen molar-refractivity contribution in [3.8, 4) is 17.0 Å². The number of benzene rings is 1. The Kier molecular flexibility index (Phi) is 6.34. The molecule has 0 saturated carbocycles. The SMILES string of the molecule is COCOc1cc2nn(C)cc2cc1-c1ccc2nc(N3CCC(NC(C)(C)C)CC3)ccc2n1. The maximum absolute atomic E-state index is 5.87. The molecule has 1 fully saturated rings. The van der Waals surface area contributed by atoms with Gasteiger partial charge in [-0.2, -0.15) is 5.10 Å². The van der Waals surface area contributed by atoms with Crippen LogP contribution in [-0.4, -0.2) is 58.3 Å². The van der Waals surface area contributed by atoms with Crippen molar-refractivity contribution in [2.45, 2.75) is 45.2 Å². The third-order valence-electron chi connectivity index (χ3n) is 6.31. The van der Waals surface area contributed by atoms with Crippen LogP contribution in [0.2, 0.25) is 0 Å². The third kappa shape index (κ3) is 5.23. The van der Waals surface area contributed by atoms with Gasteiger partial charge in [0.25, 0.3) is 0 Å². The second-order valence-corrected chi connectivity index (χ2v) is 10.3. The van der Waals surface area contributed by atoms with Crippen LogP contribution in [0.25, 0.3) is 33.2 Å². The summed E-state index contributed by atoms with van der Waals surface area (Å²) in [4.78, 5) is 12.2. The summed E-state index contributed by atoms with van der Waals surface area (Å²) in [6, 6.07) is 12.8. The summed E-state index contributed by atoms with van der Waals surface area (Å²) in [6.45, 7) is 8.85. The third-order valence-corrected chi connectivity index (χ3v) is 6.31. The molecule has 4 aromatic rings. The van der Waals surface area contributed by atoms with Gasteiger partial charge in [0.1, 0.15) is 11.6 Å². The average molecular weight is 475 g/mol. The molecule has 1 saturated heterocycles. The van der Waals surface area contributed by atoms with Crippen LogP contribution in [-0.2, 0) is 11.8 Å². The van der Waals surface area contributed by atoms with Gasteiger partial charge in [-0.05, 0) is 63.9 Å². The number of aryl methyl sites for hydroxylation is 1. The number of anilines is 1. The van der Waals surface area contributed by atoms with Crippen LogP contribution < -0.4 is 15.0 Å². The van der Waals surface area contributed by atoms with Gasteiger partial charge in [0.05, 0.1) is 22.2 Å². The smallest absolute Gasteiger partial charge is 0.188 e. The van der Waals surface area contributed by atoms with Crippen molar-refractivity contribution in [1.82, 2.24) is 25.1 Å². The molecule has 0 bridgehead atoms. The highest BCUT2D eigenvalue weighted by molar-refractivity contribution is 5.89. The largest absolute Gasteiger partial charge is 0.467 e. The molecule has 0 aliphatic carbocycles. The van der Waals surface area contributed by atoms with Crippen molar-refractivity contribution in [2.24, 2.45) is 7.05 Å². The molecule has 0 unspecified atom stereocenters. The van der Waals surface area contributed by atoms with E-state index >= 15 is 0 Å². The minimum atomic E-state index is 0.146. The lowest BCUT2D eigenvalue weighted by molar-refractivity contribution is 0.0516. The minimum absolute atomic E-state index is 0.146. The summed E-state index contributed by atoms with van der Waals surface area (Å²) in [5.41, 5.74) is 4.51. The van der Waals surface area contributed by atoms with Crippen LogP contribution in [0.4, 0.5) is 5.82 Å². The van der Waals surface area contributed by atoms with Gasteiger partial charge in [0.2, 0.25) is 0 Å². The van der Waals surface area contributed by atoms with Crippen molar-refractivity contribution in [2.75, 3.05) is 31.9 Å². The van der Waals surface area contributed by atoms with Crippen molar-refractivity contribution in [1.29, 1.82) is 0 Å². The molecule has 0 radical (unpaired) electrons. The van der Waals surface area contributed by atoms with E-state index in [4.69, 9.17) is 19.4 Å². The first-order valence-electron chi connectivity index (χ1n) is 12.2. The lowest BCUT2D eigenvalue weighted by Crippen LogP contribution is -2.49. The van der Waals surface area contributed by atoms with Gasteiger partial charge in [-0.25, -0.2) is 9.97 Å². The summed E-state index contributed by atoms with van der Waals surface area (Å²) in [5, 5.41) is 9.26. The van der Waals surface area contributed by atoms with Gasteiger partial charge in [-0.3, -0.25) is 4.68 Å². The zero-order chi connectivity index (χ0) is 24.6. The maximum atomic E-state index is 5.87. The quantitative estimate of drug-likeness (QED) is 0.412. The Morgan fingerprint density at radius 2 is 1.74 bits per heavy atom. The lowest BCUT2D eigenvalue weighted by atomic mass is 10.00. The summed E-state index contributed by atoms with van der Waals surface area (Å²) in [6.07, 6.45) is 4.23. The van der Waals surface area contributed by atoms with Crippen LogP contribution in [0.5, 0.6) is 5.75 Å². The molecule has 0 amide bonds. The monoisotopic (exact) mass is 474 g/mol. The fourth-order valence-electron chi connectivity index (χ4n) is 4.81. The van der Waals surface area contributed by atoms with Crippen LogP contribution in [0, 0.1) is 0 Å². The fraction of sp³-hybridized carbons (Fsp3) is 0.444. The normalized spacial score (nSPS) is 15.3. The molecule has 1 aliphatic heterocycles. The Bertz CT molecular complexity index is 1340. The number of piperidine rings is 1. The Morgan fingerprint density at radius 3 is 2.49 bits per heavy atom. The van der Waals surface area contributed by atoms with E-state index in [-0.39, 0.29) is 12.3 Å². The molecule has 1 N–H and O–H groups in total. The van der Waals surface area contributed by atoms with E-state index < -0.39 is 0 Å². The van der Waals surface area contributed by atoms with Crippen molar-refractivity contribution in [3.63, 3.8) is 0 Å². The first-order chi connectivity index (χ1) is 16.8. The number of nitrogens with one attached hydrogen (secondary N) is 1. The van der Waals surface area contributed by atoms with Gasteiger partial charge < -0.3 is 19.7 Å². The number of nitrogens with zero attached hydrogens (tertiary/aromatic N) is 5. The number of pyridine rings is 2. The summed E-state index contributed by atoms with van der Waals surface area (Å²) < 4.78 is 12.8. The number of methoxy groups -OCH3 is 1. The molecule has 5 rings (SSSR count). The summed E-state index contributed by atoms with van der Waals surface area (Å²) in [7, 11) is 3.52. The zero-order valence-electron chi connectivity index (χ0n) is 21.2. The van der Waals surface area contributed by atoms with Crippen molar-refractivity contribution < 1.29 is 9.47 Å². The van der Waals surface area contributed by atoms with Gasteiger partial charge in [0, 0.05) is 62.0 Å². The number of hydrogen-bond donors (Lipinski definition) is 1. The summed E-state index contributed by atoms with van der Waals surface area (Å²) in [5.74, 6) is 1.71. The lowest BCUT2D eigenvalue weighted by Gasteiger charge is -2.36. The van der Waals surface area contributed by atoms with E-state index in [2.05, 4.69) is 54.3 Å². The topological polar surface area (TPSA) is 77.3 Å². The second kappa shape index (κ2) is 9.43. The van der Waals surface area contributed by atoms with Crippen LogP contribution in [0.1, 0.15) is 33.6 Å². The van der Waals surface area contributed by atoms with Gasteiger partial charge in [-0.1, -0.05) is 0 Å². The number of ether oxygens (including phenoxy) is 2. The van der Waals surface area contributed by atoms with E-state index in [1.54, 1.807) is 11.8 Å². The van der Waals surface area contributed by atoms with Crippen molar-refractivity contribution >= 4 is 27.8 Å². The molecular formula is C27H34N6O2. The number of hydrogen-bond acceptors (Lipinski definition) is 7. The second-order valence-electron chi connectivity index (χ2n) is 10.3. The number of rotatable bonds is 6. The highest BCUT2D eigenvalue weighted by atomic mass is 16.7. The predicted molar refractivity (Wildman–Crippen MR) is 140 cm³/mol. The number of aromatic nitrogens is 4. The van der Waals surface area contributed by atoms with E-state index in [1.807, 2.05) is 31.4 Å². The molecule has 8 heteroatoms. The number of fused-ring (bicyclic) bond motifs is 2. The van der Waals surface area contributed by atoms with Gasteiger partial charge in [-0.15, -0.1) is 0 Å². The predicted octanol–water partition coefficient (Wildman–Crippen LogP) is 4.52. The molecule has 35 heavy (non-hydrogen) atoms. The molecular weight excluding hydrogens is 440 g/mol. The Labute approximate surface area is 206 Å². The van der Waals surface area contributed by atoms with E-state index in [1.165, 1.54) is 0 Å². The van der Waals surface area contributed by atoms with Crippen LogP contribution in [0.15, 0.2) is 42.6 Å². The van der Waals surface area contributed by atoms with Crippen LogP contribution >= 0.6 is 0 Å². The molecule has 0 spiro atoms. The molecule has 184 valence electrons. The molecule has 1 aliphatic rings. The molecule has 1 aromatic carbocycles. The maximum Gasteiger partial charge on any atom is 0.188 e. The molecule has 8 nitrogen and oxygen atoms in total. The Balaban J connectivity index is 1.40. The first-order valence-corrected chi connectivity index (χ1v) is 12.2. The fourth-order valence-corrected chi connectivity index (χ4v) is 4.81. The highest BCUT2D eigenvalue weighted by Crippen LogP contribution is 2.34. The van der Waals surface area contributed by atoms with Crippen LogP contribution in [0.3, 0.4) is 0 Å². The first kappa shape index (κ1) is 23.5. The van der Waals surface area contributed by atoms with Gasteiger partial charge >= 0.3 is 0 Å². The molecule has 4 heterocycles. The molecule has 0 atom stereocenters. The Hall–Kier alpha value is -3.23. The minimum Gasteiger partial charge on any atom is -0.467 e. The summed E-state index contributed by atoms with van der Waals surface area (Å²) >= 11 is 0. The standard InChI is InChI=1S/C27H34N6O2/c1-27(2,3)30-19-10-12-33(13-11-19)26-9-8-22-23(29-26)7-6-21(28-22)20-14-18-16-32(4)31-24(18)15-25(20)35-17-34-5/h6-9,14-16,19,30H,10-13,17H2,1-5H3. The van der Waals surface area contributed by atoms with E-state index in [0.717, 1.165) is 64.9 Å². The zero-order valence-corrected chi connectivity index (χ0v) is 21.2.